The molecule has 1 aromatic heterocycles. The Kier molecular flexibility index (Phi) is 4.12. The van der Waals surface area contributed by atoms with E-state index in [1.165, 1.54) is 18.2 Å². The summed E-state index contributed by atoms with van der Waals surface area (Å²) in [6, 6.07) is 11.6. The van der Waals surface area contributed by atoms with Gasteiger partial charge in [-0.3, -0.25) is 9.59 Å². The number of hydrogen-bond donors (Lipinski definition) is 2. The molecule has 2 heterocycles. The Bertz CT molecular complexity index is 1010. The van der Waals surface area contributed by atoms with Crippen molar-refractivity contribution in [3.05, 3.63) is 65.1 Å². The van der Waals surface area contributed by atoms with E-state index in [1.54, 1.807) is 11.1 Å². The number of amides is 2. The lowest BCUT2D eigenvalue weighted by Gasteiger charge is -2.38. The Morgan fingerprint density at radius 3 is 2.73 bits per heavy atom. The third kappa shape index (κ3) is 2.93. The third-order valence-corrected chi connectivity index (χ3v) is 4.84. The largest absolute Gasteiger partial charge is 0.360 e. The van der Waals surface area contributed by atoms with E-state index in [2.05, 4.69) is 10.3 Å². The molecule has 3 aromatic rings. The van der Waals surface area contributed by atoms with Crippen molar-refractivity contribution < 1.29 is 14.0 Å². The normalized spacial score (nSPS) is 14.3. The van der Waals surface area contributed by atoms with Crippen LogP contribution < -0.4 is 5.32 Å². The number of halogens is 2. The van der Waals surface area contributed by atoms with Gasteiger partial charge in [0.05, 0.1) is 16.5 Å². The Morgan fingerprint density at radius 1 is 1.19 bits per heavy atom. The minimum Gasteiger partial charge on any atom is -0.360 e. The fourth-order valence-electron chi connectivity index (χ4n) is 3.05. The van der Waals surface area contributed by atoms with Crippen LogP contribution in [0.3, 0.4) is 0 Å². The van der Waals surface area contributed by atoms with Crippen LogP contribution in [0.15, 0.2) is 48.7 Å². The Morgan fingerprint density at radius 2 is 1.96 bits per heavy atom. The standard InChI is InChI=1S/C19H15ClFN3O2/c20-15-7-12(5-6-16(15)21)23-18(25)11-9-24(10-11)19(26)14-8-22-17-4-2-1-3-13(14)17/h1-8,11,22H,9-10H2,(H,23,25). The van der Waals surface area contributed by atoms with Crippen molar-refractivity contribution in [1.29, 1.82) is 0 Å². The van der Waals surface area contributed by atoms with Crippen molar-refractivity contribution in [2.45, 2.75) is 0 Å². The SMILES string of the molecule is O=C(Nc1ccc(F)c(Cl)c1)C1CN(C(=O)c2c[nH]c3ccccc23)C1. The van der Waals surface area contributed by atoms with E-state index in [4.69, 9.17) is 11.6 Å². The van der Waals surface area contributed by atoms with Crippen molar-refractivity contribution >= 4 is 40.0 Å². The number of rotatable bonds is 3. The molecule has 0 spiro atoms. The number of nitrogens with one attached hydrogen (secondary N) is 2. The van der Waals surface area contributed by atoms with Crippen LogP contribution >= 0.6 is 11.6 Å². The molecular weight excluding hydrogens is 357 g/mol. The van der Waals surface area contributed by atoms with Crippen LogP contribution in [0, 0.1) is 11.7 Å². The summed E-state index contributed by atoms with van der Waals surface area (Å²) in [5.74, 6) is -1.15. The minimum atomic E-state index is -0.538. The van der Waals surface area contributed by atoms with Crippen LogP contribution in [0.25, 0.3) is 10.9 Å². The Balaban J connectivity index is 1.39. The number of carbonyl (C=O) groups is 2. The predicted octanol–water partition coefficient (Wildman–Crippen LogP) is 3.67. The van der Waals surface area contributed by atoms with Crippen molar-refractivity contribution in [3.63, 3.8) is 0 Å². The van der Waals surface area contributed by atoms with Crippen LogP contribution in [0.1, 0.15) is 10.4 Å². The highest BCUT2D eigenvalue weighted by atomic mass is 35.5. The highest BCUT2D eigenvalue weighted by Crippen LogP contribution is 2.25. The monoisotopic (exact) mass is 371 g/mol. The first kappa shape index (κ1) is 16.6. The zero-order valence-corrected chi connectivity index (χ0v) is 14.4. The van der Waals surface area contributed by atoms with Gasteiger partial charge in [0.15, 0.2) is 0 Å². The summed E-state index contributed by atoms with van der Waals surface area (Å²) in [6.07, 6.45) is 1.70. The van der Waals surface area contributed by atoms with Gasteiger partial charge in [0, 0.05) is 35.9 Å². The molecule has 1 aliphatic heterocycles. The van der Waals surface area contributed by atoms with Crippen molar-refractivity contribution in [3.8, 4) is 0 Å². The first-order valence-corrected chi connectivity index (χ1v) is 8.52. The first-order chi connectivity index (χ1) is 12.5. The quantitative estimate of drug-likeness (QED) is 0.737. The number of hydrogen-bond acceptors (Lipinski definition) is 2. The van der Waals surface area contributed by atoms with Crippen molar-refractivity contribution in [2.24, 2.45) is 5.92 Å². The Hall–Kier alpha value is -2.86. The topological polar surface area (TPSA) is 65.2 Å². The molecular formula is C19H15ClFN3O2. The lowest BCUT2D eigenvalue weighted by molar-refractivity contribution is -0.123. The zero-order chi connectivity index (χ0) is 18.3. The fraction of sp³-hybridized carbons (Fsp3) is 0.158. The molecule has 0 aliphatic carbocycles. The lowest BCUT2D eigenvalue weighted by atomic mass is 9.97. The van der Waals surface area contributed by atoms with Crippen LogP contribution in [-0.4, -0.2) is 34.8 Å². The molecule has 1 saturated heterocycles. The fourth-order valence-corrected chi connectivity index (χ4v) is 3.23. The van der Waals surface area contributed by atoms with Gasteiger partial charge in [-0.15, -0.1) is 0 Å². The van der Waals surface area contributed by atoms with E-state index < -0.39 is 5.82 Å². The number of likely N-dealkylation sites (tertiary alicyclic amines) is 1. The van der Waals surface area contributed by atoms with Gasteiger partial charge in [-0.2, -0.15) is 0 Å². The van der Waals surface area contributed by atoms with Gasteiger partial charge in [-0.1, -0.05) is 29.8 Å². The summed E-state index contributed by atoms with van der Waals surface area (Å²) in [4.78, 5) is 29.6. The number of carbonyl (C=O) groups excluding carboxylic acids is 2. The Labute approximate surface area is 153 Å². The summed E-state index contributed by atoms with van der Waals surface area (Å²) in [5, 5.41) is 3.52. The number of aromatic nitrogens is 1. The van der Waals surface area contributed by atoms with Crippen LogP contribution in [0.5, 0.6) is 0 Å². The maximum Gasteiger partial charge on any atom is 0.256 e. The maximum absolute atomic E-state index is 13.2. The molecule has 132 valence electrons. The van der Waals surface area contributed by atoms with E-state index in [0.717, 1.165) is 10.9 Å². The molecule has 0 bridgehead atoms. The lowest BCUT2D eigenvalue weighted by Crippen LogP contribution is -2.54. The van der Waals surface area contributed by atoms with E-state index in [-0.39, 0.29) is 22.8 Å². The molecule has 2 aromatic carbocycles. The molecule has 0 radical (unpaired) electrons. The average Bonchev–Trinajstić information content (AvgIpc) is 3.01. The number of benzene rings is 2. The first-order valence-electron chi connectivity index (χ1n) is 8.14. The molecule has 26 heavy (non-hydrogen) atoms. The summed E-state index contributed by atoms with van der Waals surface area (Å²) in [7, 11) is 0. The van der Waals surface area contributed by atoms with Gasteiger partial charge in [-0.05, 0) is 24.3 Å². The van der Waals surface area contributed by atoms with Crippen molar-refractivity contribution in [2.75, 3.05) is 18.4 Å². The number of nitrogens with zero attached hydrogens (tertiary/aromatic N) is 1. The molecule has 2 amide bonds. The van der Waals surface area contributed by atoms with Gasteiger partial charge in [0.2, 0.25) is 5.91 Å². The molecule has 2 N–H and O–H groups in total. The van der Waals surface area contributed by atoms with Gasteiger partial charge >= 0.3 is 0 Å². The maximum atomic E-state index is 13.2. The highest BCUT2D eigenvalue weighted by Gasteiger charge is 2.36. The summed E-state index contributed by atoms with van der Waals surface area (Å²) in [5.41, 5.74) is 1.94. The van der Waals surface area contributed by atoms with E-state index in [0.29, 0.717) is 24.3 Å². The minimum absolute atomic E-state index is 0.0486. The molecule has 0 atom stereocenters. The second-order valence-electron chi connectivity index (χ2n) is 6.27. The molecule has 5 nitrogen and oxygen atoms in total. The molecule has 7 heteroatoms. The second-order valence-corrected chi connectivity index (χ2v) is 6.68. The smallest absolute Gasteiger partial charge is 0.256 e. The number of para-hydroxylation sites is 1. The van der Waals surface area contributed by atoms with Gasteiger partial charge in [0.25, 0.3) is 5.91 Å². The molecule has 1 fully saturated rings. The second kappa shape index (κ2) is 6.46. The summed E-state index contributed by atoms with van der Waals surface area (Å²) in [6.45, 7) is 0.693. The third-order valence-electron chi connectivity index (χ3n) is 4.55. The van der Waals surface area contributed by atoms with Gasteiger partial charge in [-0.25, -0.2) is 4.39 Å². The molecule has 0 unspecified atom stereocenters. The van der Waals surface area contributed by atoms with Crippen LogP contribution in [0.4, 0.5) is 10.1 Å². The van der Waals surface area contributed by atoms with E-state index >= 15 is 0 Å². The van der Waals surface area contributed by atoms with E-state index in [1.807, 2.05) is 24.3 Å². The average molecular weight is 372 g/mol. The van der Waals surface area contributed by atoms with E-state index in [9.17, 15) is 14.0 Å². The van der Waals surface area contributed by atoms with Gasteiger partial charge in [0.1, 0.15) is 5.82 Å². The molecule has 1 aliphatic rings. The summed E-state index contributed by atoms with van der Waals surface area (Å²) >= 11 is 5.71. The number of anilines is 1. The highest BCUT2D eigenvalue weighted by molar-refractivity contribution is 6.31. The number of fused-ring (bicyclic) bond motifs is 1. The predicted molar refractivity (Wildman–Crippen MR) is 97.7 cm³/mol. The molecule has 0 saturated carbocycles. The molecule has 4 rings (SSSR count). The van der Waals surface area contributed by atoms with Crippen molar-refractivity contribution in [1.82, 2.24) is 9.88 Å². The van der Waals surface area contributed by atoms with Crippen LogP contribution in [0.2, 0.25) is 5.02 Å². The zero-order valence-electron chi connectivity index (χ0n) is 13.6. The van der Waals surface area contributed by atoms with Gasteiger partial charge < -0.3 is 15.2 Å². The number of H-pyrrole nitrogens is 1. The summed E-state index contributed by atoms with van der Waals surface area (Å²) < 4.78 is 13.2. The van der Waals surface area contributed by atoms with Crippen LogP contribution in [-0.2, 0) is 4.79 Å². The number of aromatic amines is 1.